The second-order valence-electron chi connectivity index (χ2n) is 9.00. The van der Waals surface area contributed by atoms with Crippen LogP contribution >= 0.6 is 0 Å². The number of halogens is 3. The number of benzene rings is 2. The maximum Gasteiger partial charge on any atom is 0.405 e. The third-order valence-electron chi connectivity index (χ3n) is 5.94. The first-order chi connectivity index (χ1) is 17.0. The zero-order chi connectivity index (χ0) is 26.1. The van der Waals surface area contributed by atoms with Crippen molar-refractivity contribution in [2.45, 2.75) is 32.0 Å². The number of aromatic nitrogens is 2. The molecular weight excluding hydrogens is 475 g/mol. The van der Waals surface area contributed by atoms with E-state index in [4.69, 9.17) is 4.74 Å². The van der Waals surface area contributed by atoms with Gasteiger partial charge in [0.2, 0.25) is 5.95 Å². The van der Waals surface area contributed by atoms with E-state index >= 15 is 0 Å². The van der Waals surface area contributed by atoms with Crippen molar-refractivity contribution in [2.75, 3.05) is 35.4 Å². The number of urea groups is 1. The molecule has 2 heterocycles. The molecule has 1 aliphatic heterocycles. The minimum Gasteiger partial charge on any atom is -0.497 e. The Morgan fingerprint density at radius 3 is 2.28 bits per heavy atom. The molecule has 8 nitrogen and oxygen atoms in total. The van der Waals surface area contributed by atoms with E-state index in [1.165, 1.54) is 16.0 Å². The van der Waals surface area contributed by atoms with Crippen molar-refractivity contribution < 1.29 is 27.8 Å². The van der Waals surface area contributed by atoms with Gasteiger partial charge in [-0.1, -0.05) is 26.0 Å². The smallest absolute Gasteiger partial charge is 0.405 e. The molecule has 0 fully saturated rings. The van der Waals surface area contributed by atoms with E-state index in [0.717, 1.165) is 5.56 Å². The number of methoxy groups -OCH3 is 1. The fourth-order valence-electron chi connectivity index (χ4n) is 3.77. The lowest BCUT2D eigenvalue weighted by Crippen LogP contribution is -2.45. The Labute approximate surface area is 206 Å². The summed E-state index contributed by atoms with van der Waals surface area (Å²) in [7, 11) is 1.54. The Balaban J connectivity index is 1.76. The van der Waals surface area contributed by atoms with Gasteiger partial charge in [-0.15, -0.1) is 0 Å². The first-order valence-electron chi connectivity index (χ1n) is 11.2. The van der Waals surface area contributed by atoms with Crippen LogP contribution in [0.5, 0.6) is 5.75 Å². The molecule has 0 unspecified atom stereocenters. The van der Waals surface area contributed by atoms with E-state index in [0.29, 0.717) is 22.7 Å². The highest BCUT2D eigenvalue weighted by Gasteiger charge is 2.35. The average molecular weight is 502 g/mol. The number of aliphatic hydroxyl groups excluding tert-OH is 1. The van der Waals surface area contributed by atoms with Gasteiger partial charge in [-0.05, 0) is 42.0 Å². The molecule has 4 rings (SSSR count). The SMILES string of the molecule is COc1ccc(N2Cc3cnc(NCC(F)(F)F)nc3N(c3ccc(C(C)(C)CO)cc3)C2=O)cc1. The summed E-state index contributed by atoms with van der Waals surface area (Å²) in [6, 6.07) is 13.6. The zero-order valence-corrected chi connectivity index (χ0v) is 20.0. The van der Waals surface area contributed by atoms with Gasteiger partial charge >= 0.3 is 12.2 Å². The van der Waals surface area contributed by atoms with E-state index in [-0.39, 0.29) is 24.9 Å². The minimum atomic E-state index is -4.45. The first kappa shape index (κ1) is 25.2. The number of amides is 2. The third kappa shape index (κ3) is 5.20. The number of hydrogen-bond acceptors (Lipinski definition) is 6. The molecule has 36 heavy (non-hydrogen) atoms. The molecular formula is C25H26F3N5O3. The minimum absolute atomic E-state index is 0.0649. The lowest BCUT2D eigenvalue weighted by Gasteiger charge is -2.36. The average Bonchev–Trinajstić information content (AvgIpc) is 2.87. The van der Waals surface area contributed by atoms with Crippen molar-refractivity contribution in [3.05, 3.63) is 65.9 Å². The predicted molar refractivity (Wildman–Crippen MR) is 130 cm³/mol. The molecule has 0 saturated carbocycles. The first-order valence-corrected chi connectivity index (χ1v) is 11.2. The van der Waals surface area contributed by atoms with Gasteiger partial charge in [0.15, 0.2) is 5.82 Å². The number of nitrogens with zero attached hydrogens (tertiary/aromatic N) is 4. The molecule has 0 atom stereocenters. The van der Waals surface area contributed by atoms with Crippen molar-refractivity contribution in [1.29, 1.82) is 0 Å². The zero-order valence-electron chi connectivity index (χ0n) is 20.0. The monoisotopic (exact) mass is 501 g/mol. The lowest BCUT2D eigenvalue weighted by molar-refractivity contribution is -0.115. The molecule has 0 aliphatic carbocycles. The summed E-state index contributed by atoms with van der Waals surface area (Å²) in [5.74, 6) is 0.588. The van der Waals surface area contributed by atoms with Crippen molar-refractivity contribution in [2.24, 2.45) is 0 Å². The van der Waals surface area contributed by atoms with Gasteiger partial charge < -0.3 is 15.2 Å². The molecule has 1 aromatic heterocycles. The Kier molecular flexibility index (Phi) is 6.77. The van der Waals surface area contributed by atoms with Gasteiger partial charge in [0, 0.05) is 22.9 Å². The molecule has 2 amide bonds. The summed E-state index contributed by atoms with van der Waals surface area (Å²) in [4.78, 5) is 24.9. The van der Waals surface area contributed by atoms with Crippen molar-refractivity contribution >= 4 is 29.2 Å². The summed E-state index contributed by atoms with van der Waals surface area (Å²) in [5.41, 5.74) is 2.00. The number of fused-ring (bicyclic) bond motifs is 1. The molecule has 11 heteroatoms. The normalized spacial score (nSPS) is 14.0. The second kappa shape index (κ2) is 9.65. The summed E-state index contributed by atoms with van der Waals surface area (Å²) < 4.78 is 43.4. The number of ether oxygens (including phenoxy) is 1. The molecule has 2 N–H and O–H groups in total. The molecule has 0 bridgehead atoms. The summed E-state index contributed by atoms with van der Waals surface area (Å²) in [5, 5.41) is 11.9. The van der Waals surface area contributed by atoms with Crippen LogP contribution in [0.1, 0.15) is 25.0 Å². The maximum absolute atomic E-state index is 13.7. The predicted octanol–water partition coefficient (Wildman–Crippen LogP) is 5.01. The molecule has 2 aromatic carbocycles. The number of aliphatic hydroxyl groups is 1. The highest BCUT2D eigenvalue weighted by atomic mass is 19.4. The van der Waals surface area contributed by atoms with Crippen molar-refractivity contribution in [3.63, 3.8) is 0 Å². The molecule has 1 aliphatic rings. The van der Waals surface area contributed by atoms with Crippen molar-refractivity contribution in [3.8, 4) is 5.75 Å². The summed E-state index contributed by atoms with van der Waals surface area (Å²) >= 11 is 0. The maximum atomic E-state index is 13.7. The largest absolute Gasteiger partial charge is 0.497 e. The van der Waals surface area contributed by atoms with Crippen LogP contribution in [0.15, 0.2) is 54.7 Å². The van der Waals surface area contributed by atoms with Gasteiger partial charge in [0.05, 0.1) is 25.9 Å². The molecule has 0 saturated heterocycles. The molecule has 0 spiro atoms. The fourth-order valence-corrected chi connectivity index (χ4v) is 3.77. The number of hydrogen-bond donors (Lipinski definition) is 2. The molecule has 3 aromatic rings. The van der Waals surface area contributed by atoms with E-state index in [9.17, 15) is 23.1 Å². The fraction of sp³-hybridized carbons (Fsp3) is 0.320. The Hall–Kier alpha value is -3.86. The van der Waals surface area contributed by atoms with Crippen LogP contribution in [-0.4, -0.2) is 47.5 Å². The highest BCUT2D eigenvalue weighted by Crippen LogP contribution is 2.37. The van der Waals surface area contributed by atoms with E-state index in [1.54, 1.807) is 55.6 Å². The van der Waals surface area contributed by atoms with Gasteiger partial charge in [0.25, 0.3) is 0 Å². The Morgan fingerprint density at radius 2 is 1.69 bits per heavy atom. The second-order valence-corrected chi connectivity index (χ2v) is 9.00. The molecule has 0 radical (unpaired) electrons. The Bertz CT molecular complexity index is 1230. The van der Waals surface area contributed by atoms with Gasteiger partial charge in [-0.25, -0.2) is 14.7 Å². The summed E-state index contributed by atoms with van der Waals surface area (Å²) in [6.45, 7) is 2.54. The van der Waals surface area contributed by atoms with E-state index in [2.05, 4.69) is 15.3 Å². The summed E-state index contributed by atoms with van der Waals surface area (Å²) in [6.07, 6.45) is -3.03. The van der Waals surface area contributed by atoms with Crippen LogP contribution in [0.3, 0.4) is 0 Å². The molecule has 190 valence electrons. The van der Waals surface area contributed by atoms with Crippen LogP contribution in [-0.2, 0) is 12.0 Å². The number of anilines is 4. The van der Waals surface area contributed by atoms with Crippen LogP contribution in [0.2, 0.25) is 0 Å². The van der Waals surface area contributed by atoms with Crippen LogP contribution < -0.4 is 19.9 Å². The lowest BCUT2D eigenvalue weighted by atomic mass is 9.85. The van der Waals surface area contributed by atoms with E-state index < -0.39 is 24.2 Å². The number of alkyl halides is 3. The number of carbonyl (C=O) groups excluding carboxylic acids is 1. The van der Waals surface area contributed by atoms with E-state index in [1.807, 2.05) is 13.8 Å². The quantitative estimate of drug-likeness (QED) is 0.473. The van der Waals surface area contributed by atoms with Gasteiger partial charge in [-0.2, -0.15) is 18.2 Å². The number of nitrogens with one attached hydrogen (secondary N) is 1. The van der Waals surface area contributed by atoms with Crippen molar-refractivity contribution in [1.82, 2.24) is 9.97 Å². The topological polar surface area (TPSA) is 90.8 Å². The Morgan fingerprint density at radius 1 is 1.06 bits per heavy atom. The standard InChI is InChI=1S/C25H26F3N5O3/c1-24(2,15-34)17-4-6-19(7-5-17)33-21-16(12-29-22(31-21)30-14-25(26,27)28)13-32(23(33)35)18-8-10-20(36-3)11-9-18/h4-12,34H,13-15H2,1-3H3,(H,29,30,31). The van der Waals surface area contributed by atoms with Gasteiger partial charge in [-0.3, -0.25) is 4.90 Å². The highest BCUT2D eigenvalue weighted by molar-refractivity contribution is 6.10. The van der Waals surface area contributed by atoms with Crippen LogP contribution in [0.4, 0.5) is 41.1 Å². The van der Waals surface area contributed by atoms with Crippen LogP contribution in [0, 0.1) is 0 Å². The number of rotatable bonds is 7. The number of carbonyl (C=O) groups is 1. The van der Waals surface area contributed by atoms with Gasteiger partial charge in [0.1, 0.15) is 12.3 Å². The third-order valence-corrected chi connectivity index (χ3v) is 5.94. The van der Waals surface area contributed by atoms with Crippen LogP contribution in [0.25, 0.3) is 0 Å².